The Hall–Kier alpha value is -0.260. The van der Waals surface area contributed by atoms with Crippen molar-refractivity contribution < 1.29 is 4.74 Å². The maximum atomic E-state index is 5.73. The van der Waals surface area contributed by atoms with Gasteiger partial charge in [0.25, 0.3) is 0 Å². The largest absolute Gasteiger partial charge is 0.374 e. The minimum absolute atomic E-state index is 0.302. The van der Waals surface area contributed by atoms with Gasteiger partial charge in [0.2, 0.25) is 0 Å². The van der Waals surface area contributed by atoms with E-state index < -0.39 is 0 Å². The Bertz CT molecular complexity index is 296. The minimum Gasteiger partial charge on any atom is -0.374 e. The summed E-state index contributed by atoms with van der Waals surface area (Å²) in [6.07, 6.45) is 1.55. The molecule has 4 nitrogen and oxygen atoms in total. The van der Waals surface area contributed by atoms with E-state index in [0.29, 0.717) is 11.4 Å². The van der Waals surface area contributed by atoms with E-state index in [1.807, 2.05) is 11.8 Å². The highest BCUT2D eigenvalue weighted by Gasteiger charge is 2.22. The van der Waals surface area contributed by atoms with E-state index in [9.17, 15) is 0 Å². The topological polar surface area (TPSA) is 36.9 Å². The van der Waals surface area contributed by atoms with Crippen LogP contribution in [0.3, 0.4) is 0 Å². The van der Waals surface area contributed by atoms with Crippen LogP contribution < -0.4 is 5.32 Å². The first-order valence-electron chi connectivity index (χ1n) is 6.88. The maximum Gasteiger partial charge on any atom is 0.157 e. The molecule has 2 unspecified atom stereocenters. The van der Waals surface area contributed by atoms with Gasteiger partial charge in [0.15, 0.2) is 5.17 Å². The van der Waals surface area contributed by atoms with Crippen LogP contribution in [-0.2, 0) is 4.74 Å². The quantitative estimate of drug-likeness (QED) is 0.839. The molecule has 0 radical (unpaired) electrons. The summed E-state index contributed by atoms with van der Waals surface area (Å²) in [5.74, 6) is 0.757. The Morgan fingerprint density at radius 1 is 1.56 bits per heavy atom. The van der Waals surface area contributed by atoms with Gasteiger partial charge >= 0.3 is 0 Å². The van der Waals surface area contributed by atoms with E-state index in [4.69, 9.17) is 4.74 Å². The molecule has 2 atom stereocenters. The molecule has 2 heterocycles. The zero-order chi connectivity index (χ0) is 13.0. The van der Waals surface area contributed by atoms with E-state index >= 15 is 0 Å². The first-order valence-corrected chi connectivity index (χ1v) is 7.76. The van der Waals surface area contributed by atoms with Crippen molar-refractivity contribution in [2.24, 2.45) is 10.9 Å². The summed E-state index contributed by atoms with van der Waals surface area (Å²) in [5, 5.41) is 5.21. The van der Waals surface area contributed by atoms with Gasteiger partial charge in [-0.25, -0.2) is 0 Å². The molecule has 0 amide bonds. The first kappa shape index (κ1) is 14.2. The monoisotopic (exact) mass is 271 g/mol. The summed E-state index contributed by atoms with van der Waals surface area (Å²) in [7, 11) is 2.15. The SMILES string of the molecule is CC(C)CC1CN=C(NCC2CN(C)CCO2)S1. The first-order chi connectivity index (χ1) is 8.63. The fourth-order valence-electron chi connectivity index (χ4n) is 2.35. The molecule has 2 rings (SSSR count). The fraction of sp³-hybridized carbons (Fsp3) is 0.923. The van der Waals surface area contributed by atoms with Gasteiger partial charge in [0, 0.05) is 24.9 Å². The van der Waals surface area contributed by atoms with E-state index in [2.05, 4.69) is 36.1 Å². The number of thioether (sulfide) groups is 1. The Balaban J connectivity index is 1.65. The van der Waals surface area contributed by atoms with Crippen LogP contribution in [0.15, 0.2) is 4.99 Å². The molecule has 18 heavy (non-hydrogen) atoms. The number of amidine groups is 1. The number of ether oxygens (including phenoxy) is 1. The average Bonchev–Trinajstić information content (AvgIpc) is 2.73. The maximum absolute atomic E-state index is 5.73. The van der Waals surface area contributed by atoms with Crippen molar-refractivity contribution in [1.29, 1.82) is 0 Å². The molecule has 5 heteroatoms. The number of hydrogen-bond acceptors (Lipinski definition) is 5. The predicted molar refractivity (Wildman–Crippen MR) is 78.4 cm³/mol. The van der Waals surface area contributed by atoms with Gasteiger partial charge in [-0.05, 0) is 19.4 Å². The summed E-state index contributed by atoms with van der Waals surface area (Å²) >= 11 is 1.90. The minimum atomic E-state index is 0.302. The van der Waals surface area contributed by atoms with E-state index in [1.165, 1.54) is 6.42 Å². The van der Waals surface area contributed by atoms with Crippen molar-refractivity contribution in [3.8, 4) is 0 Å². The van der Waals surface area contributed by atoms with Crippen molar-refractivity contribution in [2.75, 3.05) is 39.8 Å². The predicted octanol–water partition coefficient (Wildman–Crippen LogP) is 1.42. The van der Waals surface area contributed by atoms with Crippen molar-refractivity contribution in [3.63, 3.8) is 0 Å². The highest BCUT2D eigenvalue weighted by molar-refractivity contribution is 8.14. The number of nitrogens with zero attached hydrogens (tertiary/aromatic N) is 2. The van der Waals surface area contributed by atoms with Gasteiger partial charge in [-0.1, -0.05) is 25.6 Å². The van der Waals surface area contributed by atoms with Crippen LogP contribution in [-0.4, -0.2) is 61.3 Å². The van der Waals surface area contributed by atoms with Crippen LogP contribution in [0.2, 0.25) is 0 Å². The smallest absolute Gasteiger partial charge is 0.157 e. The lowest BCUT2D eigenvalue weighted by molar-refractivity contribution is -0.0159. The Morgan fingerprint density at radius 2 is 2.39 bits per heavy atom. The number of aliphatic imine (C=N–C) groups is 1. The second kappa shape index (κ2) is 6.78. The molecular formula is C13H25N3OS. The van der Waals surface area contributed by atoms with Crippen LogP contribution in [0.4, 0.5) is 0 Å². The number of nitrogens with one attached hydrogen (secondary N) is 1. The molecule has 0 spiro atoms. The molecular weight excluding hydrogens is 246 g/mol. The standard InChI is InChI=1S/C13H25N3OS/c1-10(2)6-12-8-15-13(18-12)14-7-11-9-16(3)4-5-17-11/h10-12H,4-9H2,1-3H3,(H,14,15). The Kier molecular flexibility index (Phi) is 5.33. The normalized spacial score (nSPS) is 29.7. The van der Waals surface area contributed by atoms with Gasteiger partial charge in [0.05, 0.1) is 19.3 Å². The van der Waals surface area contributed by atoms with Gasteiger partial charge in [0.1, 0.15) is 0 Å². The van der Waals surface area contributed by atoms with Gasteiger partial charge < -0.3 is 15.0 Å². The zero-order valence-corrected chi connectivity index (χ0v) is 12.5. The second-order valence-corrected chi connectivity index (χ2v) is 6.94. The van der Waals surface area contributed by atoms with Crippen LogP contribution in [0.5, 0.6) is 0 Å². The third-order valence-corrected chi connectivity index (χ3v) is 4.45. The molecule has 0 aromatic rings. The van der Waals surface area contributed by atoms with Crippen molar-refractivity contribution in [1.82, 2.24) is 10.2 Å². The molecule has 2 aliphatic rings. The van der Waals surface area contributed by atoms with Gasteiger partial charge in [-0.15, -0.1) is 0 Å². The molecule has 0 aromatic heterocycles. The highest BCUT2D eigenvalue weighted by atomic mass is 32.2. The zero-order valence-electron chi connectivity index (χ0n) is 11.7. The van der Waals surface area contributed by atoms with Crippen molar-refractivity contribution in [2.45, 2.75) is 31.6 Å². The van der Waals surface area contributed by atoms with E-state index in [1.54, 1.807) is 0 Å². The third-order valence-electron chi connectivity index (χ3n) is 3.27. The van der Waals surface area contributed by atoms with Crippen LogP contribution in [0, 0.1) is 5.92 Å². The molecule has 104 valence electrons. The summed E-state index contributed by atoms with van der Waals surface area (Å²) in [5.41, 5.74) is 0. The van der Waals surface area contributed by atoms with E-state index in [-0.39, 0.29) is 0 Å². The molecule has 1 fully saturated rings. The number of morpholine rings is 1. The molecule has 1 saturated heterocycles. The number of likely N-dealkylation sites (N-methyl/N-ethyl adjacent to an activating group) is 1. The Labute approximate surface area is 115 Å². The van der Waals surface area contributed by atoms with Crippen LogP contribution in [0.1, 0.15) is 20.3 Å². The second-order valence-electron chi connectivity index (χ2n) is 5.65. The van der Waals surface area contributed by atoms with E-state index in [0.717, 1.165) is 43.9 Å². The molecule has 0 aliphatic carbocycles. The fourth-order valence-corrected chi connectivity index (χ4v) is 3.62. The van der Waals surface area contributed by atoms with Crippen LogP contribution in [0.25, 0.3) is 0 Å². The number of rotatable bonds is 4. The Morgan fingerprint density at radius 3 is 3.11 bits per heavy atom. The molecule has 0 aromatic carbocycles. The summed E-state index contributed by atoms with van der Waals surface area (Å²) < 4.78 is 5.73. The molecule has 0 bridgehead atoms. The molecule has 1 N–H and O–H groups in total. The summed E-state index contributed by atoms with van der Waals surface area (Å²) in [6, 6.07) is 0. The van der Waals surface area contributed by atoms with Crippen molar-refractivity contribution in [3.05, 3.63) is 0 Å². The molecule has 0 saturated carbocycles. The summed E-state index contributed by atoms with van der Waals surface area (Å²) in [4.78, 5) is 6.89. The highest BCUT2D eigenvalue weighted by Crippen LogP contribution is 2.25. The van der Waals surface area contributed by atoms with Crippen molar-refractivity contribution >= 4 is 16.9 Å². The third kappa shape index (κ3) is 4.44. The summed E-state index contributed by atoms with van der Waals surface area (Å²) in [6.45, 7) is 9.30. The average molecular weight is 271 g/mol. The van der Waals surface area contributed by atoms with Gasteiger partial charge in [-0.3, -0.25) is 4.99 Å². The van der Waals surface area contributed by atoms with Crippen LogP contribution >= 0.6 is 11.8 Å². The number of hydrogen-bond donors (Lipinski definition) is 1. The lowest BCUT2D eigenvalue weighted by atomic mass is 10.1. The lowest BCUT2D eigenvalue weighted by Gasteiger charge is -2.30. The lowest BCUT2D eigenvalue weighted by Crippen LogP contribution is -2.45. The van der Waals surface area contributed by atoms with Gasteiger partial charge in [-0.2, -0.15) is 0 Å². The molecule has 2 aliphatic heterocycles.